The van der Waals surface area contributed by atoms with Crippen molar-refractivity contribution < 1.29 is 24.0 Å². The van der Waals surface area contributed by atoms with Gasteiger partial charge in [-0.15, -0.1) is 0 Å². The van der Waals surface area contributed by atoms with E-state index in [0.717, 1.165) is 0 Å². The van der Waals surface area contributed by atoms with Gasteiger partial charge in [0.1, 0.15) is 5.56 Å². The van der Waals surface area contributed by atoms with E-state index in [-0.39, 0.29) is 11.1 Å². The van der Waals surface area contributed by atoms with Crippen molar-refractivity contribution >= 4 is 29.2 Å². The number of para-hydroxylation sites is 1. The van der Waals surface area contributed by atoms with E-state index in [4.69, 9.17) is 10.5 Å². The Hall–Kier alpha value is -3.75. The second-order valence-electron chi connectivity index (χ2n) is 5.25. The lowest BCUT2D eigenvalue weighted by Crippen LogP contribution is -2.30. The Morgan fingerprint density at radius 3 is 2.31 bits per heavy atom. The molecule has 0 spiro atoms. The molecule has 9 heteroatoms. The van der Waals surface area contributed by atoms with Crippen molar-refractivity contribution in [2.75, 3.05) is 5.32 Å². The van der Waals surface area contributed by atoms with E-state index in [2.05, 4.69) is 5.32 Å². The van der Waals surface area contributed by atoms with Gasteiger partial charge in [-0.25, -0.2) is 4.79 Å². The maximum atomic E-state index is 12.1. The molecule has 2 rings (SSSR count). The number of nitrogens with two attached hydrogens (primary N) is 1. The minimum atomic E-state index is -1.20. The predicted octanol–water partition coefficient (Wildman–Crippen LogP) is 1.88. The van der Waals surface area contributed by atoms with Gasteiger partial charge in [0.15, 0.2) is 6.10 Å². The Bertz CT molecular complexity index is 863. The molecule has 0 aliphatic carbocycles. The number of rotatable bonds is 6. The van der Waals surface area contributed by atoms with Crippen LogP contribution >= 0.6 is 0 Å². The minimum Gasteiger partial charge on any atom is -0.449 e. The number of esters is 1. The van der Waals surface area contributed by atoms with E-state index in [1.807, 2.05) is 0 Å². The fourth-order valence-corrected chi connectivity index (χ4v) is 2.04. The van der Waals surface area contributed by atoms with Crippen LogP contribution in [0.5, 0.6) is 0 Å². The number of nitrogens with zero attached hydrogens (tertiary/aromatic N) is 1. The molecule has 0 bridgehead atoms. The fraction of sp³-hybridized carbons (Fsp3) is 0.118. The highest BCUT2D eigenvalue weighted by Crippen LogP contribution is 2.19. The Morgan fingerprint density at radius 1 is 1.12 bits per heavy atom. The van der Waals surface area contributed by atoms with Crippen LogP contribution in [0.25, 0.3) is 0 Å². The van der Waals surface area contributed by atoms with Crippen LogP contribution in [0.4, 0.5) is 11.4 Å². The summed E-state index contributed by atoms with van der Waals surface area (Å²) >= 11 is 0. The number of anilines is 1. The largest absolute Gasteiger partial charge is 0.449 e. The van der Waals surface area contributed by atoms with E-state index >= 15 is 0 Å². The van der Waals surface area contributed by atoms with E-state index in [1.165, 1.54) is 55.5 Å². The van der Waals surface area contributed by atoms with Crippen molar-refractivity contribution in [2.45, 2.75) is 13.0 Å². The van der Waals surface area contributed by atoms with E-state index in [0.29, 0.717) is 5.69 Å². The third-order valence-electron chi connectivity index (χ3n) is 3.41. The highest BCUT2D eigenvalue weighted by atomic mass is 16.6. The summed E-state index contributed by atoms with van der Waals surface area (Å²) in [6.45, 7) is 1.33. The maximum Gasteiger partial charge on any atom is 0.345 e. The molecule has 26 heavy (non-hydrogen) atoms. The molecule has 0 fully saturated rings. The number of carbonyl (C=O) groups excluding carboxylic acids is 3. The average Bonchev–Trinajstić information content (AvgIpc) is 2.61. The topological polar surface area (TPSA) is 142 Å². The zero-order valence-corrected chi connectivity index (χ0v) is 13.7. The number of amides is 2. The number of carbonyl (C=O) groups is 3. The van der Waals surface area contributed by atoms with Crippen molar-refractivity contribution in [3.63, 3.8) is 0 Å². The molecule has 0 aliphatic rings. The molecule has 0 saturated carbocycles. The number of benzene rings is 2. The third-order valence-corrected chi connectivity index (χ3v) is 3.41. The lowest BCUT2D eigenvalue weighted by molar-refractivity contribution is -0.385. The third kappa shape index (κ3) is 4.41. The highest BCUT2D eigenvalue weighted by Gasteiger charge is 2.24. The molecule has 0 aromatic heterocycles. The normalized spacial score (nSPS) is 11.3. The summed E-state index contributed by atoms with van der Waals surface area (Å²) in [5, 5.41) is 13.4. The van der Waals surface area contributed by atoms with Gasteiger partial charge in [0.05, 0.1) is 4.92 Å². The number of nitrogens with one attached hydrogen (secondary N) is 1. The monoisotopic (exact) mass is 357 g/mol. The molecule has 3 N–H and O–H groups in total. The smallest absolute Gasteiger partial charge is 0.345 e. The van der Waals surface area contributed by atoms with Gasteiger partial charge in [-0.3, -0.25) is 19.7 Å². The van der Waals surface area contributed by atoms with Gasteiger partial charge in [0.2, 0.25) is 5.91 Å². The van der Waals surface area contributed by atoms with Gasteiger partial charge in [0, 0.05) is 17.3 Å². The molecule has 134 valence electrons. The van der Waals surface area contributed by atoms with E-state index in [9.17, 15) is 24.5 Å². The molecule has 0 heterocycles. The molecular formula is C17H15N3O6. The van der Waals surface area contributed by atoms with E-state index < -0.39 is 34.5 Å². The molecule has 1 atom stereocenters. The van der Waals surface area contributed by atoms with E-state index in [1.54, 1.807) is 0 Å². The fourth-order valence-electron chi connectivity index (χ4n) is 2.04. The zero-order chi connectivity index (χ0) is 19.3. The van der Waals surface area contributed by atoms with Crippen molar-refractivity contribution in [3.8, 4) is 0 Å². The second-order valence-corrected chi connectivity index (χ2v) is 5.25. The summed E-state index contributed by atoms with van der Waals surface area (Å²) in [7, 11) is 0. The molecule has 2 aromatic carbocycles. The molecule has 2 amide bonds. The van der Waals surface area contributed by atoms with Gasteiger partial charge < -0.3 is 15.8 Å². The Balaban J connectivity index is 2.04. The van der Waals surface area contributed by atoms with Gasteiger partial charge in [0.25, 0.3) is 11.6 Å². The average molecular weight is 357 g/mol. The number of nitro benzene ring substituents is 1. The van der Waals surface area contributed by atoms with Gasteiger partial charge in [-0.2, -0.15) is 0 Å². The summed E-state index contributed by atoms with van der Waals surface area (Å²) in [6, 6.07) is 11.1. The number of ether oxygens (including phenoxy) is 1. The molecule has 9 nitrogen and oxygen atoms in total. The number of hydrogen-bond acceptors (Lipinski definition) is 6. The number of primary amides is 1. The second kappa shape index (κ2) is 7.88. The first-order valence-electron chi connectivity index (χ1n) is 7.44. The van der Waals surface area contributed by atoms with Crippen LogP contribution in [0.15, 0.2) is 48.5 Å². The summed E-state index contributed by atoms with van der Waals surface area (Å²) < 4.78 is 4.99. The molecular weight excluding hydrogens is 342 g/mol. The van der Waals surface area contributed by atoms with Crippen LogP contribution in [0.3, 0.4) is 0 Å². The summed E-state index contributed by atoms with van der Waals surface area (Å²) in [5.41, 5.74) is 5.11. The van der Waals surface area contributed by atoms with Gasteiger partial charge >= 0.3 is 5.97 Å². The summed E-state index contributed by atoms with van der Waals surface area (Å²) in [6.07, 6.45) is -1.20. The standard InChI is InChI=1S/C17H15N3O6/c1-10(16(22)19-12-8-6-11(7-9-12)15(18)21)26-17(23)13-4-2-3-5-14(13)20(24)25/h2-10H,1H3,(H2,18,21)(H,19,22). The number of nitro groups is 1. The van der Waals surface area contributed by atoms with Crippen LogP contribution in [-0.2, 0) is 9.53 Å². The van der Waals surface area contributed by atoms with Crippen LogP contribution in [0.2, 0.25) is 0 Å². The first-order chi connectivity index (χ1) is 12.3. The van der Waals surface area contributed by atoms with Crippen molar-refractivity contribution in [2.24, 2.45) is 5.73 Å². The Morgan fingerprint density at radius 2 is 1.73 bits per heavy atom. The Kier molecular flexibility index (Phi) is 5.63. The van der Waals surface area contributed by atoms with Crippen LogP contribution in [-0.4, -0.2) is 28.8 Å². The van der Waals surface area contributed by atoms with Crippen LogP contribution < -0.4 is 11.1 Å². The van der Waals surface area contributed by atoms with Gasteiger partial charge in [-0.1, -0.05) is 12.1 Å². The highest BCUT2D eigenvalue weighted by molar-refractivity contribution is 5.99. The SMILES string of the molecule is CC(OC(=O)c1ccccc1[N+](=O)[O-])C(=O)Nc1ccc(C(N)=O)cc1. The van der Waals surface area contributed by atoms with Crippen LogP contribution in [0.1, 0.15) is 27.6 Å². The lowest BCUT2D eigenvalue weighted by Gasteiger charge is -2.13. The first-order valence-corrected chi connectivity index (χ1v) is 7.44. The maximum absolute atomic E-state index is 12.1. The molecule has 2 aromatic rings. The zero-order valence-electron chi connectivity index (χ0n) is 13.7. The molecule has 0 saturated heterocycles. The molecule has 0 radical (unpaired) electrons. The lowest BCUT2D eigenvalue weighted by atomic mass is 10.2. The van der Waals surface area contributed by atoms with Crippen LogP contribution in [0, 0.1) is 10.1 Å². The summed E-state index contributed by atoms with van der Waals surface area (Å²) in [5.74, 6) is -2.22. The Labute approximate surface area is 147 Å². The van der Waals surface area contributed by atoms with Crippen molar-refractivity contribution in [1.29, 1.82) is 0 Å². The minimum absolute atomic E-state index is 0.247. The predicted molar refractivity (Wildman–Crippen MR) is 91.6 cm³/mol. The first kappa shape index (κ1) is 18.6. The van der Waals surface area contributed by atoms with Crippen molar-refractivity contribution in [1.82, 2.24) is 0 Å². The molecule has 0 aliphatic heterocycles. The quantitative estimate of drug-likeness (QED) is 0.459. The summed E-state index contributed by atoms with van der Waals surface area (Å²) in [4.78, 5) is 45.4. The molecule has 1 unspecified atom stereocenters. The van der Waals surface area contributed by atoms with Gasteiger partial charge in [-0.05, 0) is 37.3 Å². The number of hydrogen-bond donors (Lipinski definition) is 2. The van der Waals surface area contributed by atoms with Crippen molar-refractivity contribution in [3.05, 3.63) is 69.8 Å².